The normalized spacial score (nSPS) is 14.1. The minimum atomic E-state index is -0.393. The molecule has 0 bridgehead atoms. The fourth-order valence-corrected chi connectivity index (χ4v) is 3.34. The smallest absolute Gasteiger partial charge is 0.256 e. The van der Waals surface area contributed by atoms with Crippen molar-refractivity contribution in [3.05, 3.63) is 95.7 Å². The van der Waals surface area contributed by atoms with Crippen molar-refractivity contribution < 1.29 is 13.6 Å². The minimum absolute atomic E-state index is 0.262. The lowest BCUT2D eigenvalue weighted by Crippen LogP contribution is -2.03. The van der Waals surface area contributed by atoms with Crippen LogP contribution in [0.25, 0.3) is 28.6 Å². The van der Waals surface area contributed by atoms with Crippen molar-refractivity contribution in [3.8, 4) is 16.9 Å². The number of rotatable bonds is 3. The SMILES string of the molecule is O=C1Nc2ccc(F)cc2/C1=C/c1ccc(-c2cn(-c3ccc(F)cc3)nn2)cc1. The molecule has 0 unspecified atom stereocenters. The van der Waals surface area contributed by atoms with Crippen LogP contribution < -0.4 is 5.32 Å². The summed E-state index contributed by atoms with van der Waals surface area (Å²) in [5.41, 5.74) is 4.56. The van der Waals surface area contributed by atoms with Crippen LogP contribution in [0.4, 0.5) is 14.5 Å². The third-order valence-corrected chi connectivity index (χ3v) is 4.87. The van der Waals surface area contributed by atoms with Gasteiger partial charge in [0.1, 0.15) is 17.3 Å². The van der Waals surface area contributed by atoms with Crippen LogP contribution in [0.15, 0.2) is 72.9 Å². The molecule has 3 aromatic carbocycles. The molecule has 1 amide bonds. The van der Waals surface area contributed by atoms with Crippen LogP contribution in [0.5, 0.6) is 0 Å². The average molecular weight is 400 g/mol. The molecule has 0 fully saturated rings. The fourth-order valence-electron chi connectivity index (χ4n) is 3.34. The number of nitrogens with one attached hydrogen (secondary N) is 1. The zero-order valence-corrected chi connectivity index (χ0v) is 15.5. The van der Waals surface area contributed by atoms with E-state index >= 15 is 0 Å². The van der Waals surface area contributed by atoms with Gasteiger partial charge < -0.3 is 5.32 Å². The Kier molecular flexibility index (Phi) is 4.21. The first-order valence-electron chi connectivity index (χ1n) is 9.18. The Morgan fingerprint density at radius 1 is 0.900 bits per heavy atom. The highest BCUT2D eigenvalue weighted by Crippen LogP contribution is 2.33. The van der Waals surface area contributed by atoms with E-state index in [9.17, 15) is 13.6 Å². The molecule has 0 saturated heterocycles. The van der Waals surface area contributed by atoms with E-state index in [0.717, 1.165) is 11.1 Å². The van der Waals surface area contributed by atoms with Gasteiger partial charge in [0, 0.05) is 22.4 Å². The van der Waals surface area contributed by atoms with Crippen molar-refractivity contribution in [2.24, 2.45) is 0 Å². The summed E-state index contributed by atoms with van der Waals surface area (Å²) in [6.45, 7) is 0. The average Bonchev–Trinajstić information content (AvgIpc) is 3.35. The van der Waals surface area contributed by atoms with Crippen LogP contribution in [0, 0.1) is 11.6 Å². The van der Waals surface area contributed by atoms with Gasteiger partial charge in [0.05, 0.1) is 11.9 Å². The van der Waals surface area contributed by atoms with Crippen molar-refractivity contribution in [1.82, 2.24) is 15.0 Å². The lowest BCUT2D eigenvalue weighted by atomic mass is 10.0. The monoisotopic (exact) mass is 400 g/mol. The van der Waals surface area contributed by atoms with E-state index in [1.54, 1.807) is 35.2 Å². The van der Waals surface area contributed by atoms with Crippen molar-refractivity contribution in [2.45, 2.75) is 0 Å². The molecule has 1 aliphatic rings. The van der Waals surface area contributed by atoms with Crippen LogP contribution in [0.2, 0.25) is 0 Å². The van der Waals surface area contributed by atoms with Gasteiger partial charge in [-0.1, -0.05) is 29.5 Å². The molecule has 0 spiro atoms. The first kappa shape index (κ1) is 17.9. The molecule has 4 aromatic rings. The number of halogens is 2. The van der Waals surface area contributed by atoms with Crippen LogP contribution >= 0.6 is 0 Å². The summed E-state index contributed by atoms with van der Waals surface area (Å²) in [5, 5.41) is 11.0. The highest BCUT2D eigenvalue weighted by atomic mass is 19.1. The Morgan fingerprint density at radius 2 is 1.63 bits per heavy atom. The van der Waals surface area contributed by atoms with E-state index in [4.69, 9.17) is 0 Å². The molecular weight excluding hydrogens is 386 g/mol. The molecule has 0 radical (unpaired) electrons. The predicted molar refractivity (Wildman–Crippen MR) is 110 cm³/mol. The van der Waals surface area contributed by atoms with Gasteiger partial charge in [0.2, 0.25) is 0 Å². The summed E-state index contributed by atoms with van der Waals surface area (Å²) in [4.78, 5) is 12.2. The first-order valence-corrected chi connectivity index (χ1v) is 9.18. The number of amides is 1. The summed E-state index contributed by atoms with van der Waals surface area (Å²) in [5.74, 6) is -0.970. The number of fused-ring (bicyclic) bond motifs is 1. The molecule has 146 valence electrons. The van der Waals surface area contributed by atoms with Gasteiger partial charge in [-0.15, -0.1) is 5.10 Å². The Morgan fingerprint density at radius 3 is 2.40 bits per heavy atom. The van der Waals surface area contributed by atoms with Crippen LogP contribution in [-0.4, -0.2) is 20.9 Å². The summed E-state index contributed by atoms with van der Waals surface area (Å²) in [6, 6.07) is 17.6. The Balaban J connectivity index is 1.42. The second kappa shape index (κ2) is 7.04. The number of benzene rings is 3. The second-order valence-corrected chi connectivity index (χ2v) is 6.85. The highest BCUT2D eigenvalue weighted by Gasteiger charge is 2.24. The van der Waals surface area contributed by atoms with E-state index in [-0.39, 0.29) is 11.7 Å². The van der Waals surface area contributed by atoms with E-state index in [0.29, 0.717) is 28.2 Å². The van der Waals surface area contributed by atoms with E-state index < -0.39 is 5.82 Å². The molecule has 0 saturated carbocycles. The van der Waals surface area contributed by atoms with Gasteiger partial charge in [0.25, 0.3) is 5.91 Å². The van der Waals surface area contributed by atoms with Gasteiger partial charge in [-0.2, -0.15) is 0 Å². The van der Waals surface area contributed by atoms with Gasteiger partial charge in [-0.25, -0.2) is 13.5 Å². The number of carbonyl (C=O) groups excluding carboxylic acids is 1. The zero-order valence-electron chi connectivity index (χ0n) is 15.5. The topological polar surface area (TPSA) is 59.8 Å². The number of nitrogens with zero attached hydrogens (tertiary/aromatic N) is 3. The molecule has 5 rings (SSSR count). The maximum absolute atomic E-state index is 13.6. The van der Waals surface area contributed by atoms with E-state index in [2.05, 4.69) is 15.6 Å². The summed E-state index contributed by atoms with van der Waals surface area (Å²) >= 11 is 0. The quantitative estimate of drug-likeness (QED) is 0.507. The predicted octanol–water partition coefficient (Wildman–Crippen LogP) is 4.71. The van der Waals surface area contributed by atoms with Gasteiger partial charge in [0.15, 0.2) is 0 Å². The van der Waals surface area contributed by atoms with Crippen molar-refractivity contribution in [2.75, 3.05) is 5.32 Å². The maximum atomic E-state index is 13.6. The van der Waals surface area contributed by atoms with Crippen LogP contribution in [0.3, 0.4) is 0 Å². The maximum Gasteiger partial charge on any atom is 0.256 e. The molecule has 0 atom stereocenters. The Labute approximate surface area is 170 Å². The molecule has 2 heterocycles. The Bertz CT molecular complexity index is 1290. The summed E-state index contributed by atoms with van der Waals surface area (Å²) in [7, 11) is 0. The molecule has 30 heavy (non-hydrogen) atoms. The van der Waals surface area contributed by atoms with Gasteiger partial charge in [-0.05, 0) is 54.1 Å². The molecule has 1 aromatic heterocycles. The van der Waals surface area contributed by atoms with Crippen LogP contribution in [0.1, 0.15) is 11.1 Å². The summed E-state index contributed by atoms with van der Waals surface area (Å²) in [6.07, 6.45) is 3.48. The number of hydrogen-bond acceptors (Lipinski definition) is 3. The van der Waals surface area contributed by atoms with E-state index in [1.807, 2.05) is 24.3 Å². The van der Waals surface area contributed by atoms with Crippen LogP contribution in [-0.2, 0) is 4.79 Å². The van der Waals surface area contributed by atoms with E-state index in [1.165, 1.54) is 24.3 Å². The number of anilines is 1. The highest BCUT2D eigenvalue weighted by molar-refractivity contribution is 6.34. The lowest BCUT2D eigenvalue weighted by molar-refractivity contribution is -0.110. The standard InChI is InChI=1S/C23H14F2N4O/c24-16-5-8-18(9-6-16)29-13-22(27-28-29)15-3-1-14(2-4-15)11-20-19-12-17(25)7-10-21(19)26-23(20)30/h1-13H,(H,26,30)/b20-11-. The largest absolute Gasteiger partial charge is 0.321 e. The third kappa shape index (κ3) is 3.26. The second-order valence-electron chi connectivity index (χ2n) is 6.85. The molecular formula is C23H14F2N4O. The molecule has 5 nitrogen and oxygen atoms in total. The Hall–Kier alpha value is -4.13. The third-order valence-electron chi connectivity index (χ3n) is 4.87. The van der Waals surface area contributed by atoms with Gasteiger partial charge in [-0.3, -0.25) is 4.79 Å². The number of hydrogen-bond donors (Lipinski definition) is 1. The lowest BCUT2D eigenvalue weighted by Gasteiger charge is -2.01. The molecule has 7 heteroatoms. The minimum Gasteiger partial charge on any atom is -0.321 e. The number of aromatic nitrogens is 3. The summed E-state index contributed by atoms with van der Waals surface area (Å²) < 4.78 is 28.2. The van der Waals surface area contributed by atoms with Crippen molar-refractivity contribution in [1.29, 1.82) is 0 Å². The molecule has 1 aliphatic heterocycles. The molecule has 0 aliphatic carbocycles. The van der Waals surface area contributed by atoms with Crippen molar-refractivity contribution in [3.63, 3.8) is 0 Å². The number of carbonyl (C=O) groups is 1. The fraction of sp³-hybridized carbons (Fsp3) is 0. The first-order chi connectivity index (χ1) is 14.6. The van der Waals surface area contributed by atoms with Gasteiger partial charge >= 0.3 is 0 Å². The zero-order chi connectivity index (χ0) is 20.7. The molecule has 1 N–H and O–H groups in total. The van der Waals surface area contributed by atoms with Crippen molar-refractivity contribution >= 4 is 23.2 Å².